The van der Waals surface area contributed by atoms with Crippen molar-refractivity contribution < 1.29 is 8.42 Å². The molecule has 3 N–H and O–H groups in total. The van der Waals surface area contributed by atoms with Crippen LogP contribution in [-0.4, -0.2) is 42.7 Å². The Balaban J connectivity index is 2.78. The number of H-pyrrole nitrogens is 1. The summed E-state index contributed by atoms with van der Waals surface area (Å²) in [6.07, 6.45) is 2.81. The number of sulfonamides is 1. The quantitative estimate of drug-likeness (QED) is 0.639. The van der Waals surface area contributed by atoms with Crippen LogP contribution < -0.4 is 10.0 Å². The van der Waals surface area contributed by atoms with Gasteiger partial charge < -0.3 is 5.32 Å². The van der Waals surface area contributed by atoms with Gasteiger partial charge in [0.2, 0.25) is 0 Å². The predicted molar refractivity (Wildman–Crippen MR) is 88.1 cm³/mol. The van der Waals surface area contributed by atoms with Crippen LogP contribution in [0.1, 0.15) is 38.4 Å². The highest BCUT2D eigenvalue weighted by Crippen LogP contribution is 2.16. The van der Waals surface area contributed by atoms with Crippen molar-refractivity contribution in [3.63, 3.8) is 0 Å². The standard InChI is InChI=1S/C13H26N4O2S2/c1-9(2)14-8-12-11(4)16-17-13(12)21(18,19)15-7-6-10(3)20-5/h9-10,14-15H,6-8H2,1-5H3,(H,16,17). The lowest BCUT2D eigenvalue weighted by Gasteiger charge is -2.11. The molecule has 1 aromatic heterocycles. The molecule has 0 saturated heterocycles. The van der Waals surface area contributed by atoms with Gasteiger partial charge in [-0.15, -0.1) is 0 Å². The van der Waals surface area contributed by atoms with Crippen molar-refractivity contribution in [1.29, 1.82) is 0 Å². The number of hydrogen-bond acceptors (Lipinski definition) is 5. The molecule has 8 heteroatoms. The zero-order chi connectivity index (χ0) is 16.0. The Morgan fingerprint density at radius 1 is 1.33 bits per heavy atom. The van der Waals surface area contributed by atoms with E-state index in [1.807, 2.05) is 27.0 Å². The summed E-state index contributed by atoms with van der Waals surface area (Å²) in [5.74, 6) is 0. The van der Waals surface area contributed by atoms with Gasteiger partial charge >= 0.3 is 0 Å². The van der Waals surface area contributed by atoms with Crippen LogP contribution in [0.2, 0.25) is 0 Å². The second-order valence-electron chi connectivity index (χ2n) is 5.40. The summed E-state index contributed by atoms with van der Waals surface area (Å²) in [5.41, 5.74) is 1.48. The molecule has 122 valence electrons. The number of nitrogens with one attached hydrogen (secondary N) is 3. The highest BCUT2D eigenvalue weighted by Gasteiger charge is 2.23. The van der Waals surface area contributed by atoms with E-state index in [0.29, 0.717) is 23.9 Å². The molecule has 1 aromatic rings. The first kappa shape index (κ1) is 18.5. The fourth-order valence-electron chi connectivity index (χ4n) is 1.75. The minimum Gasteiger partial charge on any atom is -0.310 e. The van der Waals surface area contributed by atoms with Gasteiger partial charge in [-0.05, 0) is 19.6 Å². The minimum atomic E-state index is -3.56. The molecule has 0 aromatic carbocycles. The van der Waals surface area contributed by atoms with Crippen molar-refractivity contribution in [2.24, 2.45) is 0 Å². The van der Waals surface area contributed by atoms with Crippen LogP contribution in [0.4, 0.5) is 0 Å². The molecule has 0 aliphatic rings. The highest BCUT2D eigenvalue weighted by atomic mass is 32.2. The van der Waals surface area contributed by atoms with E-state index in [2.05, 4.69) is 27.2 Å². The van der Waals surface area contributed by atoms with Crippen LogP contribution in [0.3, 0.4) is 0 Å². The van der Waals surface area contributed by atoms with E-state index in [1.54, 1.807) is 11.8 Å². The third-order valence-corrected chi connectivity index (χ3v) is 5.69. The van der Waals surface area contributed by atoms with Crippen molar-refractivity contribution in [3.8, 4) is 0 Å². The van der Waals surface area contributed by atoms with Crippen molar-refractivity contribution >= 4 is 21.8 Å². The van der Waals surface area contributed by atoms with Crippen LogP contribution in [0.25, 0.3) is 0 Å². The van der Waals surface area contributed by atoms with E-state index < -0.39 is 10.0 Å². The first-order chi connectivity index (χ1) is 9.77. The van der Waals surface area contributed by atoms with Gasteiger partial charge in [-0.2, -0.15) is 16.9 Å². The van der Waals surface area contributed by atoms with E-state index in [-0.39, 0.29) is 11.1 Å². The summed E-state index contributed by atoms with van der Waals surface area (Å²) >= 11 is 1.72. The van der Waals surface area contributed by atoms with E-state index in [9.17, 15) is 8.42 Å². The fraction of sp³-hybridized carbons (Fsp3) is 0.769. The maximum atomic E-state index is 12.4. The fourth-order valence-corrected chi connectivity index (χ4v) is 3.34. The monoisotopic (exact) mass is 334 g/mol. The van der Waals surface area contributed by atoms with Gasteiger partial charge in [-0.25, -0.2) is 13.1 Å². The maximum absolute atomic E-state index is 12.4. The van der Waals surface area contributed by atoms with E-state index >= 15 is 0 Å². The van der Waals surface area contributed by atoms with Crippen molar-refractivity contribution in [2.75, 3.05) is 12.8 Å². The summed E-state index contributed by atoms with van der Waals surface area (Å²) in [6.45, 7) is 8.86. The van der Waals surface area contributed by atoms with Crippen LogP contribution in [0, 0.1) is 6.92 Å². The molecular formula is C13H26N4O2S2. The molecule has 1 unspecified atom stereocenters. The average molecular weight is 335 g/mol. The van der Waals surface area contributed by atoms with Gasteiger partial charge in [0.1, 0.15) is 0 Å². The number of aromatic amines is 1. The number of hydrogen-bond donors (Lipinski definition) is 3. The Morgan fingerprint density at radius 3 is 2.57 bits per heavy atom. The van der Waals surface area contributed by atoms with Crippen LogP contribution in [-0.2, 0) is 16.6 Å². The second-order valence-corrected chi connectivity index (χ2v) is 8.36. The molecule has 0 aliphatic carbocycles. The summed E-state index contributed by atoms with van der Waals surface area (Å²) in [6, 6.07) is 0.283. The molecular weight excluding hydrogens is 308 g/mol. The van der Waals surface area contributed by atoms with Gasteiger partial charge in [-0.1, -0.05) is 20.8 Å². The van der Waals surface area contributed by atoms with E-state index in [1.165, 1.54) is 0 Å². The number of aromatic nitrogens is 2. The number of aryl methyl sites for hydroxylation is 1. The maximum Gasteiger partial charge on any atom is 0.260 e. The molecule has 1 atom stereocenters. The molecule has 0 aliphatic heterocycles. The molecule has 0 amide bonds. The molecule has 1 heterocycles. The molecule has 21 heavy (non-hydrogen) atoms. The molecule has 0 bridgehead atoms. The zero-order valence-electron chi connectivity index (χ0n) is 13.4. The van der Waals surface area contributed by atoms with Gasteiger partial charge in [0.15, 0.2) is 5.03 Å². The molecule has 0 radical (unpaired) electrons. The predicted octanol–water partition coefficient (Wildman–Crippen LogP) is 1.64. The van der Waals surface area contributed by atoms with Crippen LogP contribution in [0.15, 0.2) is 5.03 Å². The lowest BCUT2D eigenvalue weighted by Crippen LogP contribution is -2.29. The van der Waals surface area contributed by atoms with Gasteiger partial charge in [0, 0.05) is 35.6 Å². The van der Waals surface area contributed by atoms with Crippen molar-refractivity contribution in [3.05, 3.63) is 11.3 Å². The Hall–Kier alpha value is -0.570. The SMILES string of the molecule is CSC(C)CCNS(=O)(=O)c1n[nH]c(C)c1CNC(C)C. The normalized spacial score (nSPS) is 13.8. The van der Waals surface area contributed by atoms with Gasteiger partial charge in [0.25, 0.3) is 10.0 Å². The Kier molecular flexibility index (Phi) is 7.19. The summed E-state index contributed by atoms with van der Waals surface area (Å²) in [7, 11) is -3.56. The topological polar surface area (TPSA) is 86.9 Å². The molecule has 1 rings (SSSR count). The van der Waals surface area contributed by atoms with Gasteiger partial charge in [-0.3, -0.25) is 5.10 Å². The number of rotatable bonds is 9. The second kappa shape index (κ2) is 8.17. The highest BCUT2D eigenvalue weighted by molar-refractivity contribution is 7.99. The van der Waals surface area contributed by atoms with E-state index in [4.69, 9.17) is 0 Å². The Morgan fingerprint density at radius 2 is 2.00 bits per heavy atom. The molecule has 0 saturated carbocycles. The smallest absolute Gasteiger partial charge is 0.260 e. The van der Waals surface area contributed by atoms with E-state index in [0.717, 1.165) is 12.1 Å². The van der Waals surface area contributed by atoms with Gasteiger partial charge in [0.05, 0.1) is 0 Å². The van der Waals surface area contributed by atoms with Crippen molar-refractivity contribution in [2.45, 2.75) is 57.0 Å². The Labute approximate surface area is 131 Å². The molecule has 6 nitrogen and oxygen atoms in total. The lowest BCUT2D eigenvalue weighted by molar-refractivity contribution is 0.562. The minimum absolute atomic E-state index is 0.102. The first-order valence-electron chi connectivity index (χ1n) is 7.07. The molecule has 0 fully saturated rings. The summed E-state index contributed by atoms with van der Waals surface area (Å²) in [4.78, 5) is 0. The summed E-state index contributed by atoms with van der Waals surface area (Å²) < 4.78 is 27.3. The Bertz CT molecular complexity index is 540. The third-order valence-electron chi connectivity index (χ3n) is 3.22. The zero-order valence-corrected chi connectivity index (χ0v) is 15.0. The third kappa shape index (κ3) is 5.61. The van der Waals surface area contributed by atoms with Crippen LogP contribution >= 0.6 is 11.8 Å². The largest absolute Gasteiger partial charge is 0.310 e. The summed E-state index contributed by atoms with van der Waals surface area (Å²) in [5, 5.41) is 10.5. The van der Waals surface area contributed by atoms with Crippen molar-refractivity contribution in [1.82, 2.24) is 20.2 Å². The molecule has 0 spiro atoms. The average Bonchev–Trinajstić information content (AvgIpc) is 2.77. The number of thioether (sulfide) groups is 1. The van der Waals surface area contributed by atoms with Crippen LogP contribution in [0.5, 0.6) is 0 Å². The lowest BCUT2D eigenvalue weighted by atomic mass is 10.2. The first-order valence-corrected chi connectivity index (χ1v) is 9.84. The number of nitrogens with zero attached hydrogens (tertiary/aromatic N) is 1.